The molecule has 0 bridgehead atoms. The lowest BCUT2D eigenvalue weighted by Gasteiger charge is -2.52. The molecule has 5 rings (SSSR count). The number of hydrogen-bond acceptors (Lipinski definition) is 4. The second kappa shape index (κ2) is 4.02. The third kappa shape index (κ3) is 1.50. The number of aryl methyl sites for hydroxylation is 1. The predicted octanol–water partition coefficient (Wildman–Crippen LogP) is 3.07. The fourth-order valence-electron chi connectivity index (χ4n) is 5.32. The van der Waals surface area contributed by atoms with E-state index in [2.05, 4.69) is 40.5 Å². The standard InChI is InChI=1S/C18H20N4O/c1-17(2)13-5-4-11-9-19-14-6-7-20-22(14)15(11)18(13,3)8-12-10-21-23-16(12)17/h6-7,9-10,13H,4-5,8H2,1-3H3/t13-,18-/m0/s1. The molecule has 118 valence electrons. The summed E-state index contributed by atoms with van der Waals surface area (Å²) in [6.07, 6.45) is 8.93. The summed E-state index contributed by atoms with van der Waals surface area (Å²) < 4.78 is 7.69. The Bertz CT molecular complexity index is 922. The first-order valence-corrected chi connectivity index (χ1v) is 8.28. The minimum atomic E-state index is -0.0285. The Hall–Kier alpha value is -2.17. The van der Waals surface area contributed by atoms with Crippen LogP contribution in [-0.4, -0.2) is 19.8 Å². The lowest BCUT2D eigenvalue weighted by molar-refractivity contribution is 0.107. The van der Waals surface area contributed by atoms with Crippen LogP contribution in [0.5, 0.6) is 0 Å². The first-order valence-electron chi connectivity index (χ1n) is 8.28. The summed E-state index contributed by atoms with van der Waals surface area (Å²) in [7, 11) is 0. The Labute approximate surface area is 134 Å². The van der Waals surface area contributed by atoms with E-state index in [9.17, 15) is 0 Å². The van der Waals surface area contributed by atoms with Crippen LogP contribution in [0.2, 0.25) is 0 Å². The van der Waals surface area contributed by atoms with Crippen LogP contribution in [0.15, 0.2) is 29.2 Å². The zero-order chi connectivity index (χ0) is 15.8. The Morgan fingerprint density at radius 2 is 2.09 bits per heavy atom. The zero-order valence-electron chi connectivity index (χ0n) is 13.7. The zero-order valence-corrected chi connectivity index (χ0v) is 13.7. The molecule has 2 atom stereocenters. The average molecular weight is 308 g/mol. The lowest BCUT2D eigenvalue weighted by atomic mass is 9.51. The molecule has 0 unspecified atom stereocenters. The van der Waals surface area contributed by atoms with Gasteiger partial charge < -0.3 is 4.52 Å². The highest BCUT2D eigenvalue weighted by atomic mass is 16.5. The molecule has 0 aliphatic heterocycles. The molecular weight excluding hydrogens is 288 g/mol. The molecule has 0 amide bonds. The molecule has 0 saturated heterocycles. The Kier molecular flexibility index (Phi) is 2.32. The summed E-state index contributed by atoms with van der Waals surface area (Å²) >= 11 is 0. The van der Waals surface area contributed by atoms with Crippen molar-refractivity contribution in [3.05, 3.63) is 47.2 Å². The second-order valence-electron chi connectivity index (χ2n) is 7.82. The highest BCUT2D eigenvalue weighted by Gasteiger charge is 2.55. The van der Waals surface area contributed by atoms with Crippen LogP contribution in [0, 0.1) is 5.92 Å². The van der Waals surface area contributed by atoms with Gasteiger partial charge in [-0.25, -0.2) is 9.50 Å². The molecule has 0 aromatic carbocycles. The molecule has 0 fully saturated rings. The van der Waals surface area contributed by atoms with Crippen molar-refractivity contribution in [3.8, 4) is 0 Å². The summed E-state index contributed by atoms with van der Waals surface area (Å²) in [5, 5.41) is 8.66. The summed E-state index contributed by atoms with van der Waals surface area (Å²) in [6.45, 7) is 6.98. The van der Waals surface area contributed by atoms with Crippen LogP contribution in [-0.2, 0) is 23.7 Å². The fourth-order valence-corrected chi connectivity index (χ4v) is 5.32. The van der Waals surface area contributed by atoms with Crippen molar-refractivity contribution in [3.63, 3.8) is 0 Å². The molecule has 5 heteroatoms. The molecule has 2 aliphatic carbocycles. The van der Waals surface area contributed by atoms with Gasteiger partial charge in [0.05, 0.1) is 18.1 Å². The van der Waals surface area contributed by atoms with E-state index in [1.165, 1.54) is 16.8 Å². The van der Waals surface area contributed by atoms with E-state index in [0.29, 0.717) is 5.92 Å². The van der Waals surface area contributed by atoms with Crippen molar-refractivity contribution in [1.82, 2.24) is 19.8 Å². The summed E-state index contributed by atoms with van der Waals surface area (Å²) in [4.78, 5) is 4.56. The molecule has 2 aliphatic rings. The number of rotatable bonds is 0. The molecule has 0 spiro atoms. The van der Waals surface area contributed by atoms with Gasteiger partial charge in [-0.05, 0) is 30.7 Å². The maximum Gasteiger partial charge on any atom is 0.155 e. The lowest BCUT2D eigenvalue weighted by Crippen LogP contribution is -2.52. The van der Waals surface area contributed by atoms with Crippen molar-refractivity contribution in [2.75, 3.05) is 0 Å². The van der Waals surface area contributed by atoms with E-state index in [0.717, 1.165) is 30.7 Å². The van der Waals surface area contributed by atoms with Crippen molar-refractivity contribution in [2.45, 2.75) is 50.9 Å². The van der Waals surface area contributed by atoms with Gasteiger partial charge in [-0.1, -0.05) is 25.9 Å². The Balaban J connectivity index is 1.83. The normalized spacial score (nSPS) is 28.2. The van der Waals surface area contributed by atoms with E-state index in [-0.39, 0.29) is 10.8 Å². The van der Waals surface area contributed by atoms with Crippen LogP contribution >= 0.6 is 0 Å². The smallest absolute Gasteiger partial charge is 0.155 e. The highest BCUT2D eigenvalue weighted by Crippen LogP contribution is 2.55. The maximum atomic E-state index is 5.64. The summed E-state index contributed by atoms with van der Waals surface area (Å²) in [6, 6.07) is 1.98. The van der Waals surface area contributed by atoms with Gasteiger partial charge in [0, 0.05) is 28.7 Å². The molecule has 3 aromatic heterocycles. The number of hydrogen-bond donors (Lipinski definition) is 0. The van der Waals surface area contributed by atoms with Gasteiger partial charge in [0.1, 0.15) is 5.76 Å². The van der Waals surface area contributed by atoms with E-state index in [1.54, 1.807) is 0 Å². The van der Waals surface area contributed by atoms with Gasteiger partial charge in [-0.3, -0.25) is 0 Å². The van der Waals surface area contributed by atoms with E-state index < -0.39 is 0 Å². The first-order chi connectivity index (χ1) is 11.0. The Morgan fingerprint density at radius 3 is 2.96 bits per heavy atom. The van der Waals surface area contributed by atoms with Crippen molar-refractivity contribution < 1.29 is 4.52 Å². The minimum absolute atomic E-state index is 0.0167. The summed E-state index contributed by atoms with van der Waals surface area (Å²) in [5.74, 6) is 1.56. The van der Waals surface area contributed by atoms with Gasteiger partial charge in [0.2, 0.25) is 0 Å². The van der Waals surface area contributed by atoms with E-state index >= 15 is 0 Å². The SMILES string of the molecule is CC1(C)c2oncc2C[C@]2(C)c3c(cnc4ccnn34)CC[C@@H]12. The quantitative estimate of drug-likeness (QED) is 0.640. The predicted molar refractivity (Wildman–Crippen MR) is 85.4 cm³/mol. The molecule has 5 nitrogen and oxygen atoms in total. The third-order valence-corrected chi connectivity index (χ3v) is 6.16. The van der Waals surface area contributed by atoms with Gasteiger partial charge in [-0.2, -0.15) is 5.10 Å². The van der Waals surface area contributed by atoms with Gasteiger partial charge in [-0.15, -0.1) is 0 Å². The number of aromatic nitrogens is 4. The van der Waals surface area contributed by atoms with Crippen molar-refractivity contribution in [2.24, 2.45) is 5.92 Å². The third-order valence-electron chi connectivity index (χ3n) is 6.16. The van der Waals surface area contributed by atoms with Gasteiger partial charge in [0.15, 0.2) is 5.65 Å². The van der Waals surface area contributed by atoms with E-state index in [1.807, 2.05) is 24.7 Å². The summed E-state index contributed by atoms with van der Waals surface area (Å²) in [5.41, 5.74) is 4.81. The van der Waals surface area contributed by atoms with Gasteiger partial charge in [0.25, 0.3) is 0 Å². The van der Waals surface area contributed by atoms with Crippen LogP contribution in [0.3, 0.4) is 0 Å². The second-order valence-corrected chi connectivity index (χ2v) is 7.82. The van der Waals surface area contributed by atoms with Crippen molar-refractivity contribution in [1.29, 1.82) is 0 Å². The molecule has 0 saturated carbocycles. The first kappa shape index (κ1) is 13.3. The van der Waals surface area contributed by atoms with Gasteiger partial charge >= 0.3 is 0 Å². The van der Waals surface area contributed by atoms with Crippen molar-refractivity contribution >= 4 is 5.65 Å². The van der Waals surface area contributed by atoms with Crippen LogP contribution in [0.4, 0.5) is 0 Å². The average Bonchev–Trinajstić information content (AvgIpc) is 3.14. The fraction of sp³-hybridized carbons (Fsp3) is 0.500. The van der Waals surface area contributed by atoms with Crippen LogP contribution in [0.25, 0.3) is 5.65 Å². The molecule has 0 N–H and O–H groups in total. The Morgan fingerprint density at radius 1 is 1.22 bits per heavy atom. The highest BCUT2D eigenvalue weighted by molar-refractivity contribution is 5.47. The molecular formula is C18H20N4O. The number of nitrogens with zero attached hydrogens (tertiary/aromatic N) is 4. The molecule has 3 aromatic rings. The molecule has 0 radical (unpaired) electrons. The number of fused-ring (bicyclic) bond motifs is 6. The molecule has 3 heterocycles. The maximum absolute atomic E-state index is 5.64. The monoisotopic (exact) mass is 308 g/mol. The topological polar surface area (TPSA) is 56.2 Å². The van der Waals surface area contributed by atoms with Crippen LogP contribution in [0.1, 0.15) is 49.8 Å². The largest absolute Gasteiger partial charge is 0.361 e. The van der Waals surface area contributed by atoms with Crippen LogP contribution < -0.4 is 0 Å². The minimum Gasteiger partial charge on any atom is -0.361 e. The molecule has 23 heavy (non-hydrogen) atoms. The van der Waals surface area contributed by atoms with E-state index in [4.69, 9.17) is 4.52 Å².